The zero-order chi connectivity index (χ0) is 15.2. The lowest BCUT2D eigenvalue weighted by Gasteiger charge is -2.31. The molecule has 2 atom stereocenters. The van der Waals surface area contributed by atoms with Crippen LogP contribution in [0, 0.1) is 5.92 Å². The molecule has 5 nitrogen and oxygen atoms in total. The minimum absolute atomic E-state index is 0.149. The van der Waals surface area contributed by atoms with Crippen LogP contribution in [0.3, 0.4) is 0 Å². The van der Waals surface area contributed by atoms with E-state index >= 15 is 0 Å². The second-order valence-electron chi connectivity index (χ2n) is 6.94. The fourth-order valence-corrected chi connectivity index (χ4v) is 3.48. The topological polar surface area (TPSA) is 55.8 Å². The Balaban J connectivity index is 1.78. The van der Waals surface area contributed by atoms with Crippen LogP contribution in [0.15, 0.2) is 0 Å². The summed E-state index contributed by atoms with van der Waals surface area (Å²) >= 11 is 0. The molecule has 1 amide bonds. The predicted octanol–water partition coefficient (Wildman–Crippen LogP) is 0.680. The molecular formula is C16H31N3O2. The summed E-state index contributed by atoms with van der Waals surface area (Å²) in [6.07, 6.45) is 4.65. The van der Waals surface area contributed by atoms with Crippen molar-refractivity contribution in [3.05, 3.63) is 0 Å². The van der Waals surface area contributed by atoms with E-state index in [2.05, 4.69) is 29.0 Å². The molecule has 2 aliphatic heterocycles. The van der Waals surface area contributed by atoms with Crippen LogP contribution in [0.2, 0.25) is 0 Å². The van der Waals surface area contributed by atoms with Gasteiger partial charge in [-0.1, -0.05) is 13.8 Å². The highest BCUT2D eigenvalue weighted by Gasteiger charge is 2.31. The summed E-state index contributed by atoms with van der Waals surface area (Å²) in [7, 11) is 0. The molecule has 21 heavy (non-hydrogen) atoms. The van der Waals surface area contributed by atoms with E-state index in [-0.39, 0.29) is 12.5 Å². The number of carbonyl (C=O) groups is 1. The Morgan fingerprint density at radius 1 is 1.19 bits per heavy atom. The summed E-state index contributed by atoms with van der Waals surface area (Å²) in [6, 6.07) is 0.809. The van der Waals surface area contributed by atoms with E-state index in [0.29, 0.717) is 24.5 Å². The summed E-state index contributed by atoms with van der Waals surface area (Å²) in [5.74, 6) is 0.647. The van der Waals surface area contributed by atoms with Gasteiger partial charge >= 0.3 is 0 Å². The molecule has 2 heterocycles. The minimum Gasteiger partial charge on any atom is -0.395 e. The van der Waals surface area contributed by atoms with Gasteiger partial charge in [0.2, 0.25) is 5.91 Å². The second kappa shape index (κ2) is 8.11. The Hall–Kier alpha value is -0.650. The number of amides is 1. The van der Waals surface area contributed by atoms with E-state index in [1.54, 1.807) is 0 Å². The summed E-state index contributed by atoms with van der Waals surface area (Å²) in [5.41, 5.74) is 0. The van der Waals surface area contributed by atoms with Gasteiger partial charge in [0.15, 0.2) is 0 Å². The Morgan fingerprint density at radius 3 is 2.52 bits per heavy atom. The average molecular weight is 297 g/mol. The summed E-state index contributed by atoms with van der Waals surface area (Å²) in [5, 5.41) is 12.4. The van der Waals surface area contributed by atoms with Gasteiger partial charge < -0.3 is 10.4 Å². The van der Waals surface area contributed by atoms with Crippen molar-refractivity contribution < 1.29 is 9.90 Å². The largest absolute Gasteiger partial charge is 0.395 e. The number of hydrogen-bond donors (Lipinski definition) is 2. The second-order valence-corrected chi connectivity index (χ2v) is 6.94. The van der Waals surface area contributed by atoms with Crippen LogP contribution < -0.4 is 5.32 Å². The molecule has 0 saturated carbocycles. The third-order valence-corrected chi connectivity index (χ3v) is 4.71. The standard InChI is InChI=1S/C16H31N3O2/c1-13(2)9-17-16(21)11-19-8-3-5-14(19)10-18-7-4-6-15(18)12-20/h13-15,20H,3-12H2,1-2H3,(H,17,21). The van der Waals surface area contributed by atoms with Gasteiger partial charge in [0, 0.05) is 25.2 Å². The molecule has 0 radical (unpaired) electrons. The highest BCUT2D eigenvalue weighted by atomic mass is 16.3. The van der Waals surface area contributed by atoms with Gasteiger partial charge in [-0.3, -0.25) is 14.6 Å². The van der Waals surface area contributed by atoms with E-state index in [9.17, 15) is 9.90 Å². The van der Waals surface area contributed by atoms with Gasteiger partial charge in [-0.25, -0.2) is 0 Å². The van der Waals surface area contributed by atoms with Crippen LogP contribution in [-0.4, -0.2) is 72.2 Å². The summed E-state index contributed by atoms with van der Waals surface area (Å²) in [4.78, 5) is 16.7. The van der Waals surface area contributed by atoms with Crippen LogP contribution in [0.4, 0.5) is 0 Å². The molecule has 0 aliphatic carbocycles. The van der Waals surface area contributed by atoms with Crippen LogP contribution in [0.5, 0.6) is 0 Å². The smallest absolute Gasteiger partial charge is 0.234 e. The van der Waals surface area contributed by atoms with Crippen molar-refractivity contribution in [2.45, 2.75) is 51.6 Å². The van der Waals surface area contributed by atoms with Gasteiger partial charge in [0.25, 0.3) is 0 Å². The molecule has 2 saturated heterocycles. The lowest BCUT2D eigenvalue weighted by molar-refractivity contribution is -0.122. The Kier molecular flexibility index (Phi) is 6.45. The number of carbonyl (C=O) groups excluding carboxylic acids is 1. The molecule has 0 bridgehead atoms. The molecule has 2 fully saturated rings. The number of nitrogens with one attached hydrogen (secondary N) is 1. The molecule has 122 valence electrons. The fraction of sp³-hybridized carbons (Fsp3) is 0.938. The average Bonchev–Trinajstić information content (AvgIpc) is 3.07. The highest BCUT2D eigenvalue weighted by molar-refractivity contribution is 5.78. The van der Waals surface area contributed by atoms with Gasteiger partial charge in [0.1, 0.15) is 0 Å². The van der Waals surface area contributed by atoms with Crippen molar-refractivity contribution in [2.75, 3.05) is 39.3 Å². The maximum Gasteiger partial charge on any atom is 0.234 e. The number of hydrogen-bond acceptors (Lipinski definition) is 4. The van der Waals surface area contributed by atoms with E-state index < -0.39 is 0 Å². The third-order valence-electron chi connectivity index (χ3n) is 4.71. The predicted molar refractivity (Wildman–Crippen MR) is 84.1 cm³/mol. The number of aliphatic hydroxyl groups is 1. The zero-order valence-electron chi connectivity index (χ0n) is 13.6. The molecule has 0 aromatic carbocycles. The normalized spacial score (nSPS) is 27.6. The first kappa shape index (κ1) is 16.7. The van der Waals surface area contributed by atoms with E-state index in [1.807, 2.05) is 0 Å². The number of likely N-dealkylation sites (tertiary alicyclic amines) is 2. The molecule has 5 heteroatoms. The van der Waals surface area contributed by atoms with E-state index in [4.69, 9.17) is 0 Å². The third kappa shape index (κ3) is 4.94. The molecule has 2 aliphatic rings. The Bertz CT molecular complexity index is 335. The Labute approximate surface area is 128 Å². The summed E-state index contributed by atoms with van der Waals surface area (Å²) in [6.45, 7) is 8.89. The van der Waals surface area contributed by atoms with Crippen LogP contribution >= 0.6 is 0 Å². The molecular weight excluding hydrogens is 266 g/mol. The van der Waals surface area contributed by atoms with Crippen LogP contribution in [0.1, 0.15) is 39.5 Å². The highest BCUT2D eigenvalue weighted by Crippen LogP contribution is 2.23. The van der Waals surface area contributed by atoms with E-state index in [0.717, 1.165) is 32.6 Å². The molecule has 0 spiro atoms. The molecule has 2 unspecified atom stereocenters. The lowest BCUT2D eigenvalue weighted by atomic mass is 10.2. The molecule has 0 aromatic rings. The van der Waals surface area contributed by atoms with Gasteiger partial charge in [-0.05, 0) is 44.7 Å². The number of rotatable bonds is 7. The van der Waals surface area contributed by atoms with Crippen molar-refractivity contribution in [3.63, 3.8) is 0 Å². The van der Waals surface area contributed by atoms with Crippen LogP contribution in [-0.2, 0) is 4.79 Å². The maximum absolute atomic E-state index is 12.0. The molecule has 0 aromatic heterocycles. The molecule has 2 rings (SSSR count). The number of nitrogens with zero attached hydrogens (tertiary/aromatic N) is 2. The van der Waals surface area contributed by atoms with Crippen molar-refractivity contribution in [1.29, 1.82) is 0 Å². The molecule has 2 N–H and O–H groups in total. The minimum atomic E-state index is 0.149. The Morgan fingerprint density at radius 2 is 1.86 bits per heavy atom. The van der Waals surface area contributed by atoms with Gasteiger partial charge in [-0.15, -0.1) is 0 Å². The lowest BCUT2D eigenvalue weighted by Crippen LogP contribution is -2.46. The van der Waals surface area contributed by atoms with Crippen molar-refractivity contribution in [2.24, 2.45) is 5.92 Å². The van der Waals surface area contributed by atoms with Crippen LogP contribution in [0.25, 0.3) is 0 Å². The van der Waals surface area contributed by atoms with Gasteiger partial charge in [0.05, 0.1) is 13.2 Å². The first-order valence-electron chi connectivity index (χ1n) is 8.45. The quantitative estimate of drug-likeness (QED) is 0.725. The van der Waals surface area contributed by atoms with Crippen molar-refractivity contribution >= 4 is 5.91 Å². The fourth-order valence-electron chi connectivity index (χ4n) is 3.48. The van der Waals surface area contributed by atoms with E-state index in [1.165, 1.54) is 19.3 Å². The SMILES string of the molecule is CC(C)CNC(=O)CN1CCCC1CN1CCCC1CO. The number of aliphatic hydroxyl groups excluding tert-OH is 1. The van der Waals surface area contributed by atoms with Crippen molar-refractivity contribution in [1.82, 2.24) is 15.1 Å². The zero-order valence-corrected chi connectivity index (χ0v) is 13.6. The first-order valence-corrected chi connectivity index (χ1v) is 8.45. The summed E-state index contributed by atoms with van der Waals surface area (Å²) < 4.78 is 0. The van der Waals surface area contributed by atoms with Crippen molar-refractivity contribution in [3.8, 4) is 0 Å². The maximum atomic E-state index is 12.0. The van der Waals surface area contributed by atoms with Gasteiger partial charge in [-0.2, -0.15) is 0 Å². The first-order chi connectivity index (χ1) is 10.1. The monoisotopic (exact) mass is 297 g/mol.